The summed E-state index contributed by atoms with van der Waals surface area (Å²) in [5.41, 5.74) is 3.86. The van der Waals surface area contributed by atoms with Crippen LogP contribution in [0.1, 0.15) is 18.9 Å². The zero-order valence-corrected chi connectivity index (χ0v) is 11.2. The maximum Gasteiger partial charge on any atom is 0.416 e. The van der Waals surface area contributed by atoms with Crippen LogP contribution in [0.25, 0.3) is 0 Å². The van der Waals surface area contributed by atoms with E-state index in [1.165, 1.54) is 6.92 Å². The van der Waals surface area contributed by atoms with Crippen LogP contribution in [-0.2, 0) is 16.2 Å². The maximum absolute atomic E-state index is 12.4. The first-order chi connectivity index (χ1) is 9.11. The van der Waals surface area contributed by atoms with Gasteiger partial charge >= 0.3 is 6.18 Å². The molecule has 9 heteroatoms. The second-order valence-electron chi connectivity index (χ2n) is 3.97. The molecule has 110 valence electrons. The number of benzene rings is 1. The first kappa shape index (κ1) is 16.1. The predicted molar refractivity (Wildman–Crippen MR) is 68.1 cm³/mol. The van der Waals surface area contributed by atoms with Gasteiger partial charge in [0.05, 0.1) is 23.0 Å². The summed E-state index contributed by atoms with van der Waals surface area (Å²) in [5.74, 6) is 0. The van der Waals surface area contributed by atoms with Gasteiger partial charge in [-0.25, -0.2) is 8.42 Å². The van der Waals surface area contributed by atoms with Gasteiger partial charge < -0.3 is 5.73 Å². The molecule has 1 unspecified atom stereocenters. The van der Waals surface area contributed by atoms with Crippen LogP contribution in [0.3, 0.4) is 0 Å². The van der Waals surface area contributed by atoms with Crippen molar-refractivity contribution in [3.63, 3.8) is 0 Å². The Hall–Kier alpha value is -1.95. The number of hydrogen-bond acceptors (Lipinski definition) is 4. The normalized spacial score (nSPS) is 13.6. The summed E-state index contributed by atoms with van der Waals surface area (Å²) in [5, 5.41) is 7.41. The van der Waals surface area contributed by atoms with E-state index in [1.807, 2.05) is 4.72 Å². The van der Waals surface area contributed by atoms with Gasteiger partial charge in [-0.05, 0) is 24.6 Å². The Morgan fingerprint density at radius 3 is 2.45 bits per heavy atom. The molecule has 3 N–H and O–H groups in total. The minimum absolute atomic E-state index is 0.0480. The van der Waals surface area contributed by atoms with Crippen molar-refractivity contribution in [2.45, 2.75) is 24.8 Å². The molecule has 0 amide bonds. The molecular formula is C11H12F3N3O2S. The van der Waals surface area contributed by atoms with Crippen molar-refractivity contribution < 1.29 is 21.6 Å². The van der Waals surface area contributed by atoms with E-state index in [1.54, 1.807) is 6.07 Å². The molecule has 0 fully saturated rings. The fraction of sp³-hybridized carbons (Fsp3) is 0.364. The van der Waals surface area contributed by atoms with Gasteiger partial charge in [-0.3, -0.25) is 4.72 Å². The third-order valence-electron chi connectivity index (χ3n) is 2.52. The van der Waals surface area contributed by atoms with Gasteiger partial charge in [0.2, 0.25) is 10.0 Å². The molecule has 1 aromatic rings. The van der Waals surface area contributed by atoms with E-state index in [2.05, 4.69) is 0 Å². The van der Waals surface area contributed by atoms with Crippen molar-refractivity contribution in [3.05, 3.63) is 23.8 Å². The van der Waals surface area contributed by atoms with Gasteiger partial charge in [-0.15, -0.1) is 0 Å². The van der Waals surface area contributed by atoms with Crippen LogP contribution in [-0.4, -0.2) is 13.7 Å². The van der Waals surface area contributed by atoms with Crippen molar-refractivity contribution >= 4 is 21.4 Å². The van der Waals surface area contributed by atoms with E-state index < -0.39 is 27.0 Å². The Balaban J connectivity index is 3.10. The molecule has 0 aliphatic carbocycles. The highest BCUT2D eigenvalue weighted by molar-refractivity contribution is 7.93. The zero-order valence-electron chi connectivity index (χ0n) is 10.4. The molecular weight excluding hydrogens is 295 g/mol. The van der Waals surface area contributed by atoms with Gasteiger partial charge in [0.25, 0.3) is 0 Å². The quantitative estimate of drug-likeness (QED) is 0.834. The molecule has 0 saturated carbocycles. The SMILES string of the molecule is CCC(C#N)S(=O)(=O)Nc1ccc(C(F)(F)F)cc1N. The van der Waals surface area contributed by atoms with Gasteiger partial charge in [0.15, 0.2) is 5.25 Å². The molecule has 20 heavy (non-hydrogen) atoms. The first-order valence-electron chi connectivity index (χ1n) is 5.49. The molecule has 1 rings (SSSR count). The Morgan fingerprint density at radius 1 is 1.45 bits per heavy atom. The van der Waals surface area contributed by atoms with Crippen LogP contribution in [0.15, 0.2) is 18.2 Å². The molecule has 0 bridgehead atoms. The van der Waals surface area contributed by atoms with Crippen molar-refractivity contribution in [2.75, 3.05) is 10.5 Å². The number of rotatable bonds is 4. The molecule has 1 atom stereocenters. The molecule has 0 aliphatic heterocycles. The number of halogens is 3. The third-order valence-corrected chi connectivity index (χ3v) is 4.21. The highest BCUT2D eigenvalue weighted by atomic mass is 32.2. The van der Waals surface area contributed by atoms with Crippen LogP contribution in [0.4, 0.5) is 24.5 Å². The second-order valence-corrected chi connectivity index (χ2v) is 5.84. The number of nitrogens with zero attached hydrogens (tertiary/aromatic N) is 1. The standard InChI is InChI=1S/C11H12F3N3O2S/c1-2-8(6-15)20(18,19)17-10-4-3-7(5-9(10)16)11(12,13)14/h3-5,8,17H,2,16H2,1H3. The molecule has 0 aromatic heterocycles. The fourth-order valence-electron chi connectivity index (χ4n) is 1.44. The van der Waals surface area contributed by atoms with Gasteiger partial charge in [0, 0.05) is 0 Å². The van der Waals surface area contributed by atoms with E-state index in [-0.39, 0.29) is 17.8 Å². The second kappa shape index (κ2) is 5.58. The molecule has 5 nitrogen and oxygen atoms in total. The molecule has 1 aromatic carbocycles. The lowest BCUT2D eigenvalue weighted by atomic mass is 10.2. The average Bonchev–Trinajstić information content (AvgIpc) is 2.31. The van der Waals surface area contributed by atoms with Crippen LogP contribution in [0.5, 0.6) is 0 Å². The number of nitrogens with one attached hydrogen (secondary N) is 1. The Kier molecular flexibility index (Phi) is 4.50. The average molecular weight is 307 g/mol. The lowest BCUT2D eigenvalue weighted by molar-refractivity contribution is -0.137. The monoisotopic (exact) mass is 307 g/mol. The Bertz CT molecular complexity index is 635. The van der Waals surface area contributed by atoms with E-state index in [0.717, 1.165) is 6.07 Å². The third kappa shape index (κ3) is 3.54. The molecule has 0 aliphatic rings. The zero-order chi connectivity index (χ0) is 15.6. The minimum atomic E-state index is -4.57. The first-order valence-corrected chi connectivity index (χ1v) is 7.04. The van der Waals surface area contributed by atoms with Gasteiger partial charge in [-0.2, -0.15) is 18.4 Å². The minimum Gasteiger partial charge on any atom is -0.397 e. The number of alkyl halides is 3. The topological polar surface area (TPSA) is 96.0 Å². The smallest absolute Gasteiger partial charge is 0.397 e. The largest absolute Gasteiger partial charge is 0.416 e. The van der Waals surface area contributed by atoms with Crippen LogP contribution >= 0.6 is 0 Å². The number of nitriles is 1. The summed E-state index contributed by atoms with van der Waals surface area (Å²) in [6.45, 7) is 1.50. The summed E-state index contributed by atoms with van der Waals surface area (Å²) in [6, 6.07) is 3.85. The van der Waals surface area contributed by atoms with E-state index in [0.29, 0.717) is 12.1 Å². The lowest BCUT2D eigenvalue weighted by Gasteiger charge is -2.14. The maximum atomic E-state index is 12.4. The van der Waals surface area contributed by atoms with Crippen molar-refractivity contribution in [3.8, 4) is 6.07 Å². The van der Waals surface area contributed by atoms with Crippen LogP contribution < -0.4 is 10.5 Å². The van der Waals surface area contributed by atoms with Gasteiger partial charge in [-0.1, -0.05) is 6.92 Å². The van der Waals surface area contributed by atoms with Crippen molar-refractivity contribution in [1.82, 2.24) is 0 Å². The Labute approximate surface area is 114 Å². The van der Waals surface area contributed by atoms with Crippen molar-refractivity contribution in [1.29, 1.82) is 5.26 Å². The van der Waals surface area contributed by atoms with E-state index >= 15 is 0 Å². The number of nitrogens with two attached hydrogens (primary N) is 1. The molecule has 0 spiro atoms. The number of sulfonamides is 1. The van der Waals surface area contributed by atoms with E-state index in [9.17, 15) is 21.6 Å². The summed E-state index contributed by atoms with van der Waals surface area (Å²) in [4.78, 5) is 0. The Morgan fingerprint density at radius 2 is 2.05 bits per heavy atom. The van der Waals surface area contributed by atoms with E-state index in [4.69, 9.17) is 11.0 Å². The predicted octanol–water partition coefficient (Wildman–Crippen LogP) is 2.33. The number of anilines is 2. The summed E-state index contributed by atoms with van der Waals surface area (Å²) < 4.78 is 62.9. The summed E-state index contributed by atoms with van der Waals surface area (Å²) >= 11 is 0. The summed E-state index contributed by atoms with van der Waals surface area (Å²) in [6.07, 6.45) is -4.52. The fourth-order valence-corrected chi connectivity index (χ4v) is 2.65. The highest BCUT2D eigenvalue weighted by Gasteiger charge is 2.31. The number of hydrogen-bond donors (Lipinski definition) is 2. The molecule has 0 saturated heterocycles. The van der Waals surface area contributed by atoms with Gasteiger partial charge in [0.1, 0.15) is 0 Å². The van der Waals surface area contributed by atoms with Crippen LogP contribution in [0.2, 0.25) is 0 Å². The molecule has 0 radical (unpaired) electrons. The van der Waals surface area contributed by atoms with Crippen LogP contribution in [0, 0.1) is 11.3 Å². The highest BCUT2D eigenvalue weighted by Crippen LogP contribution is 2.33. The lowest BCUT2D eigenvalue weighted by Crippen LogP contribution is -2.26. The number of nitrogen functional groups attached to an aromatic ring is 1. The summed E-state index contributed by atoms with van der Waals surface area (Å²) in [7, 11) is -4.02. The van der Waals surface area contributed by atoms with Crippen molar-refractivity contribution in [2.24, 2.45) is 0 Å². The molecule has 0 heterocycles.